The molecule has 24 heavy (non-hydrogen) atoms. The lowest BCUT2D eigenvalue weighted by Crippen LogP contribution is -2.24. The number of rotatable bonds is 2. The predicted molar refractivity (Wildman–Crippen MR) is 97.1 cm³/mol. The number of hydrogen-bond acceptors (Lipinski definition) is 4. The summed E-state index contributed by atoms with van der Waals surface area (Å²) in [6, 6.07) is 10.2. The largest absolute Gasteiger partial charge is 0.315 e. The van der Waals surface area contributed by atoms with Crippen LogP contribution in [0.15, 0.2) is 48.1 Å². The zero-order chi connectivity index (χ0) is 16.5. The van der Waals surface area contributed by atoms with E-state index in [9.17, 15) is 4.79 Å². The number of pyridine rings is 1. The summed E-state index contributed by atoms with van der Waals surface area (Å²) in [5.74, 6) is 0.190. The van der Waals surface area contributed by atoms with Gasteiger partial charge in [-0.1, -0.05) is 6.07 Å². The van der Waals surface area contributed by atoms with Crippen molar-refractivity contribution in [1.82, 2.24) is 9.97 Å². The SMILES string of the molecule is CN1C(=O)CCCc2cc(-c3csc(-c4ccncc4)n3)ccc21. The van der Waals surface area contributed by atoms with Crippen molar-refractivity contribution >= 4 is 22.9 Å². The maximum absolute atomic E-state index is 12.0. The van der Waals surface area contributed by atoms with Gasteiger partial charge in [-0.3, -0.25) is 9.78 Å². The van der Waals surface area contributed by atoms with E-state index in [-0.39, 0.29) is 5.91 Å². The van der Waals surface area contributed by atoms with Gasteiger partial charge in [0, 0.05) is 48.1 Å². The third kappa shape index (κ3) is 2.71. The van der Waals surface area contributed by atoms with Gasteiger partial charge in [0.15, 0.2) is 0 Å². The minimum Gasteiger partial charge on any atom is -0.315 e. The van der Waals surface area contributed by atoms with Crippen LogP contribution in [0.5, 0.6) is 0 Å². The van der Waals surface area contributed by atoms with E-state index >= 15 is 0 Å². The van der Waals surface area contributed by atoms with E-state index in [2.05, 4.69) is 22.5 Å². The molecule has 0 bridgehead atoms. The van der Waals surface area contributed by atoms with Gasteiger partial charge in [-0.15, -0.1) is 11.3 Å². The lowest BCUT2D eigenvalue weighted by atomic mass is 10.0. The molecule has 2 aromatic heterocycles. The maximum Gasteiger partial charge on any atom is 0.226 e. The normalized spacial score (nSPS) is 14.4. The average Bonchev–Trinajstić information content (AvgIpc) is 3.07. The number of amides is 1. The number of thiazole rings is 1. The Morgan fingerprint density at radius 2 is 1.92 bits per heavy atom. The number of aryl methyl sites for hydroxylation is 1. The van der Waals surface area contributed by atoms with Gasteiger partial charge in [0.25, 0.3) is 0 Å². The second-order valence-corrected chi connectivity index (χ2v) is 6.78. The minimum absolute atomic E-state index is 0.190. The van der Waals surface area contributed by atoms with Crippen molar-refractivity contribution in [3.63, 3.8) is 0 Å². The molecule has 0 saturated heterocycles. The van der Waals surface area contributed by atoms with Gasteiger partial charge in [-0.05, 0) is 42.7 Å². The molecule has 0 unspecified atom stereocenters. The van der Waals surface area contributed by atoms with Gasteiger partial charge >= 0.3 is 0 Å². The fourth-order valence-corrected chi connectivity index (χ4v) is 3.87. The third-order valence-electron chi connectivity index (χ3n) is 4.38. The monoisotopic (exact) mass is 335 g/mol. The van der Waals surface area contributed by atoms with Gasteiger partial charge in [-0.25, -0.2) is 4.98 Å². The second-order valence-electron chi connectivity index (χ2n) is 5.92. The number of fused-ring (bicyclic) bond motifs is 1. The highest BCUT2D eigenvalue weighted by Gasteiger charge is 2.19. The molecule has 1 amide bonds. The smallest absolute Gasteiger partial charge is 0.226 e. The van der Waals surface area contributed by atoms with Crippen molar-refractivity contribution in [2.75, 3.05) is 11.9 Å². The molecular weight excluding hydrogens is 318 g/mol. The lowest BCUT2D eigenvalue weighted by Gasteiger charge is -2.17. The first-order valence-corrected chi connectivity index (χ1v) is 8.86. The van der Waals surface area contributed by atoms with Crippen molar-refractivity contribution in [3.05, 3.63) is 53.7 Å². The Balaban J connectivity index is 1.70. The molecule has 1 aliphatic heterocycles. The van der Waals surface area contributed by atoms with E-state index in [1.165, 1.54) is 5.56 Å². The van der Waals surface area contributed by atoms with Crippen molar-refractivity contribution in [3.8, 4) is 21.8 Å². The summed E-state index contributed by atoms with van der Waals surface area (Å²) in [5, 5.41) is 3.08. The highest BCUT2D eigenvalue weighted by atomic mass is 32.1. The molecule has 0 radical (unpaired) electrons. The van der Waals surface area contributed by atoms with Gasteiger partial charge in [0.05, 0.1) is 5.69 Å². The molecule has 0 atom stereocenters. The highest BCUT2D eigenvalue weighted by Crippen LogP contribution is 2.33. The fourth-order valence-electron chi connectivity index (χ4n) is 3.04. The Labute approximate surface area is 144 Å². The van der Waals surface area contributed by atoms with Crippen LogP contribution in [-0.2, 0) is 11.2 Å². The molecule has 0 spiro atoms. The minimum atomic E-state index is 0.190. The first kappa shape index (κ1) is 15.0. The van der Waals surface area contributed by atoms with Crippen LogP contribution in [0, 0.1) is 0 Å². The molecule has 4 rings (SSSR count). The van der Waals surface area contributed by atoms with E-state index in [4.69, 9.17) is 4.98 Å². The van der Waals surface area contributed by atoms with Crippen LogP contribution in [0.1, 0.15) is 18.4 Å². The molecule has 0 aliphatic carbocycles. The Morgan fingerprint density at radius 1 is 1.08 bits per heavy atom. The van der Waals surface area contributed by atoms with E-state index in [0.717, 1.165) is 40.4 Å². The number of carbonyl (C=O) groups excluding carboxylic acids is 1. The first-order chi connectivity index (χ1) is 11.7. The van der Waals surface area contributed by atoms with Crippen LogP contribution < -0.4 is 4.90 Å². The van der Waals surface area contributed by atoms with Gasteiger partial charge in [0.2, 0.25) is 5.91 Å². The zero-order valence-corrected chi connectivity index (χ0v) is 14.2. The molecule has 5 heteroatoms. The molecule has 1 aliphatic rings. The summed E-state index contributed by atoms with van der Waals surface area (Å²) in [5.41, 5.74) is 5.41. The number of carbonyl (C=O) groups is 1. The number of benzene rings is 1. The van der Waals surface area contributed by atoms with Crippen molar-refractivity contribution in [2.24, 2.45) is 0 Å². The number of nitrogens with zero attached hydrogens (tertiary/aromatic N) is 3. The number of hydrogen-bond donors (Lipinski definition) is 0. The van der Waals surface area contributed by atoms with E-state index in [0.29, 0.717) is 6.42 Å². The van der Waals surface area contributed by atoms with Crippen LogP contribution in [0.4, 0.5) is 5.69 Å². The van der Waals surface area contributed by atoms with Crippen LogP contribution >= 0.6 is 11.3 Å². The Bertz CT molecular complexity index is 889. The predicted octanol–water partition coefficient (Wildman–Crippen LogP) is 4.17. The quantitative estimate of drug-likeness (QED) is 0.706. The second kappa shape index (κ2) is 6.17. The fraction of sp³-hybridized carbons (Fsp3) is 0.211. The molecular formula is C19H17N3OS. The standard InChI is InChI=1S/C19H17N3OS/c1-22-17-6-5-14(11-15(17)3-2-4-18(22)23)16-12-24-19(21-16)13-7-9-20-10-8-13/h5-12H,2-4H2,1H3. The average molecular weight is 335 g/mol. The van der Waals surface area contributed by atoms with Crippen LogP contribution in [0.3, 0.4) is 0 Å². The third-order valence-corrected chi connectivity index (χ3v) is 5.27. The van der Waals surface area contributed by atoms with Gasteiger partial charge in [0.1, 0.15) is 5.01 Å². The van der Waals surface area contributed by atoms with Crippen LogP contribution in [-0.4, -0.2) is 22.9 Å². The summed E-state index contributed by atoms with van der Waals surface area (Å²) in [6.45, 7) is 0. The highest BCUT2D eigenvalue weighted by molar-refractivity contribution is 7.13. The maximum atomic E-state index is 12.0. The number of aromatic nitrogens is 2. The van der Waals surface area contributed by atoms with Crippen LogP contribution in [0.2, 0.25) is 0 Å². The molecule has 4 nitrogen and oxygen atoms in total. The summed E-state index contributed by atoms with van der Waals surface area (Å²) in [4.78, 5) is 22.6. The number of anilines is 1. The Kier molecular flexibility index (Phi) is 3.86. The Hall–Kier alpha value is -2.53. The summed E-state index contributed by atoms with van der Waals surface area (Å²) in [6.07, 6.45) is 6.01. The molecule has 0 N–H and O–H groups in total. The first-order valence-electron chi connectivity index (χ1n) is 7.98. The van der Waals surface area contributed by atoms with E-state index < -0.39 is 0 Å². The molecule has 3 aromatic rings. The summed E-state index contributed by atoms with van der Waals surface area (Å²) < 4.78 is 0. The van der Waals surface area contributed by atoms with Crippen molar-refractivity contribution in [2.45, 2.75) is 19.3 Å². The van der Waals surface area contributed by atoms with Gasteiger partial charge < -0.3 is 4.90 Å². The van der Waals surface area contributed by atoms with E-state index in [1.807, 2.05) is 25.2 Å². The molecule has 0 fully saturated rings. The summed E-state index contributed by atoms with van der Waals surface area (Å²) >= 11 is 1.64. The topological polar surface area (TPSA) is 46.1 Å². The molecule has 120 valence electrons. The molecule has 1 aromatic carbocycles. The van der Waals surface area contributed by atoms with Crippen molar-refractivity contribution in [1.29, 1.82) is 0 Å². The summed E-state index contributed by atoms with van der Waals surface area (Å²) in [7, 11) is 1.86. The van der Waals surface area contributed by atoms with Gasteiger partial charge in [-0.2, -0.15) is 0 Å². The zero-order valence-electron chi connectivity index (χ0n) is 13.4. The van der Waals surface area contributed by atoms with E-state index in [1.54, 1.807) is 28.6 Å². The lowest BCUT2D eigenvalue weighted by molar-refractivity contribution is -0.118. The molecule has 0 saturated carbocycles. The Morgan fingerprint density at radius 3 is 2.75 bits per heavy atom. The van der Waals surface area contributed by atoms with Crippen LogP contribution in [0.25, 0.3) is 21.8 Å². The molecule has 3 heterocycles. The van der Waals surface area contributed by atoms with Crippen molar-refractivity contribution < 1.29 is 4.79 Å².